The van der Waals surface area contributed by atoms with Gasteiger partial charge in [0.25, 0.3) is 0 Å². The second kappa shape index (κ2) is 3.40. The van der Waals surface area contributed by atoms with Gasteiger partial charge < -0.3 is 0 Å². The molecular formula is C10H14. The van der Waals surface area contributed by atoms with E-state index < -0.39 is 0 Å². The molecule has 0 aliphatic heterocycles. The highest BCUT2D eigenvalue weighted by atomic mass is 14.1. The lowest BCUT2D eigenvalue weighted by Crippen LogP contribution is -1.77. The lowest BCUT2D eigenvalue weighted by molar-refractivity contribution is 1.04. The third kappa shape index (κ3) is 1.38. The summed E-state index contributed by atoms with van der Waals surface area (Å²) in [4.78, 5) is 0. The molecule has 0 saturated heterocycles. The minimum absolute atomic E-state index is 1.16. The Hall–Kier alpha value is -0.780. The molecule has 0 atom stereocenters. The Morgan fingerprint density at radius 3 is 3.00 bits per heavy atom. The molecule has 0 aromatic heterocycles. The number of allylic oxidation sites excluding steroid dienone is 6. The van der Waals surface area contributed by atoms with E-state index in [0.29, 0.717) is 0 Å². The van der Waals surface area contributed by atoms with Crippen LogP contribution in [0.1, 0.15) is 26.7 Å². The van der Waals surface area contributed by atoms with Gasteiger partial charge in [0.2, 0.25) is 0 Å². The molecule has 1 rings (SSSR count). The van der Waals surface area contributed by atoms with Gasteiger partial charge in [0.15, 0.2) is 0 Å². The van der Waals surface area contributed by atoms with Crippen molar-refractivity contribution >= 4 is 0 Å². The maximum atomic E-state index is 2.23. The summed E-state index contributed by atoms with van der Waals surface area (Å²) in [5, 5.41) is 0. The van der Waals surface area contributed by atoms with Gasteiger partial charge in [-0.3, -0.25) is 0 Å². The van der Waals surface area contributed by atoms with Gasteiger partial charge in [-0.05, 0) is 25.3 Å². The van der Waals surface area contributed by atoms with Gasteiger partial charge in [-0.15, -0.1) is 0 Å². The predicted octanol–water partition coefficient (Wildman–Crippen LogP) is 3.23. The van der Waals surface area contributed by atoms with E-state index >= 15 is 0 Å². The van der Waals surface area contributed by atoms with Crippen LogP contribution in [0.2, 0.25) is 0 Å². The van der Waals surface area contributed by atoms with Gasteiger partial charge in [0, 0.05) is 0 Å². The standard InChI is InChI=1S/C10H14/c1-3-6-10-8-5-7-9(10)4-2/h3,5-6,8H,4,7H2,1-2H3/b6-3-. The summed E-state index contributed by atoms with van der Waals surface area (Å²) in [5.41, 5.74) is 2.99. The number of rotatable bonds is 2. The molecule has 0 N–H and O–H groups in total. The zero-order valence-electron chi connectivity index (χ0n) is 6.72. The van der Waals surface area contributed by atoms with E-state index in [-0.39, 0.29) is 0 Å². The Balaban J connectivity index is 2.76. The predicted molar refractivity (Wildman–Crippen MR) is 45.9 cm³/mol. The van der Waals surface area contributed by atoms with Gasteiger partial charge >= 0.3 is 0 Å². The Bertz CT molecular complexity index is 192. The molecule has 0 spiro atoms. The van der Waals surface area contributed by atoms with Gasteiger partial charge in [-0.1, -0.05) is 36.8 Å². The van der Waals surface area contributed by atoms with Crippen LogP contribution >= 0.6 is 0 Å². The minimum Gasteiger partial charge on any atom is -0.0871 e. The zero-order chi connectivity index (χ0) is 7.40. The molecule has 0 bridgehead atoms. The van der Waals surface area contributed by atoms with Crippen molar-refractivity contribution in [1.29, 1.82) is 0 Å². The lowest BCUT2D eigenvalue weighted by atomic mass is 10.1. The highest BCUT2D eigenvalue weighted by molar-refractivity contribution is 5.41. The van der Waals surface area contributed by atoms with E-state index in [2.05, 4.69) is 38.2 Å². The Kier molecular flexibility index (Phi) is 2.49. The van der Waals surface area contributed by atoms with Crippen LogP contribution in [0.25, 0.3) is 0 Å². The first-order valence-electron chi connectivity index (χ1n) is 3.89. The first-order valence-corrected chi connectivity index (χ1v) is 3.89. The van der Waals surface area contributed by atoms with E-state index in [1.807, 2.05) is 0 Å². The monoisotopic (exact) mass is 134 g/mol. The highest BCUT2D eigenvalue weighted by Gasteiger charge is 2.02. The average molecular weight is 134 g/mol. The van der Waals surface area contributed by atoms with Crippen LogP contribution in [0.5, 0.6) is 0 Å². The molecule has 0 nitrogen and oxygen atoms in total. The first kappa shape index (κ1) is 7.33. The molecule has 0 unspecified atom stereocenters. The van der Waals surface area contributed by atoms with Crippen molar-refractivity contribution in [3.05, 3.63) is 35.5 Å². The summed E-state index contributed by atoms with van der Waals surface area (Å²) in [6, 6.07) is 0. The molecule has 54 valence electrons. The maximum absolute atomic E-state index is 2.23. The largest absolute Gasteiger partial charge is 0.0871 e. The SMILES string of the molecule is C/C=C\C1=C(CC)CC=C1. The fourth-order valence-corrected chi connectivity index (χ4v) is 1.27. The number of hydrogen-bond donors (Lipinski definition) is 0. The van der Waals surface area contributed by atoms with Crippen LogP contribution in [-0.4, -0.2) is 0 Å². The number of hydrogen-bond acceptors (Lipinski definition) is 0. The maximum Gasteiger partial charge on any atom is -0.0127 e. The van der Waals surface area contributed by atoms with Crippen molar-refractivity contribution in [3.63, 3.8) is 0 Å². The zero-order valence-corrected chi connectivity index (χ0v) is 6.72. The molecule has 0 fully saturated rings. The van der Waals surface area contributed by atoms with Crippen molar-refractivity contribution in [3.8, 4) is 0 Å². The molecule has 0 heteroatoms. The molecule has 0 aromatic rings. The fourth-order valence-electron chi connectivity index (χ4n) is 1.27. The third-order valence-electron chi connectivity index (χ3n) is 1.84. The second-order valence-electron chi connectivity index (χ2n) is 2.52. The van der Waals surface area contributed by atoms with E-state index in [9.17, 15) is 0 Å². The summed E-state index contributed by atoms with van der Waals surface area (Å²) in [5.74, 6) is 0. The summed E-state index contributed by atoms with van der Waals surface area (Å²) in [6.45, 7) is 4.28. The Labute approximate surface area is 62.9 Å². The van der Waals surface area contributed by atoms with Gasteiger partial charge in [0.05, 0.1) is 0 Å². The van der Waals surface area contributed by atoms with Crippen molar-refractivity contribution < 1.29 is 0 Å². The quantitative estimate of drug-likeness (QED) is 0.544. The molecule has 10 heavy (non-hydrogen) atoms. The summed E-state index contributed by atoms with van der Waals surface area (Å²) >= 11 is 0. The summed E-state index contributed by atoms with van der Waals surface area (Å²) in [6.07, 6.45) is 11.1. The molecule has 0 radical (unpaired) electrons. The molecular weight excluding hydrogens is 120 g/mol. The van der Waals surface area contributed by atoms with Crippen LogP contribution in [0.15, 0.2) is 35.5 Å². The molecule has 1 aliphatic rings. The van der Waals surface area contributed by atoms with E-state index in [4.69, 9.17) is 0 Å². The van der Waals surface area contributed by atoms with E-state index in [1.165, 1.54) is 12.0 Å². The van der Waals surface area contributed by atoms with Crippen LogP contribution in [-0.2, 0) is 0 Å². The van der Waals surface area contributed by atoms with E-state index in [0.717, 1.165) is 6.42 Å². The van der Waals surface area contributed by atoms with Crippen molar-refractivity contribution in [1.82, 2.24) is 0 Å². The molecule has 1 aliphatic carbocycles. The van der Waals surface area contributed by atoms with Crippen molar-refractivity contribution in [2.75, 3.05) is 0 Å². The van der Waals surface area contributed by atoms with Crippen molar-refractivity contribution in [2.24, 2.45) is 0 Å². The van der Waals surface area contributed by atoms with Gasteiger partial charge in [0.1, 0.15) is 0 Å². The molecule has 0 amide bonds. The minimum atomic E-state index is 1.16. The third-order valence-corrected chi connectivity index (χ3v) is 1.84. The highest BCUT2D eigenvalue weighted by Crippen LogP contribution is 2.22. The van der Waals surface area contributed by atoms with Crippen LogP contribution in [0.3, 0.4) is 0 Å². The van der Waals surface area contributed by atoms with Gasteiger partial charge in [-0.2, -0.15) is 0 Å². The first-order chi connectivity index (χ1) is 4.88. The molecule has 0 saturated carbocycles. The Morgan fingerprint density at radius 2 is 2.40 bits per heavy atom. The van der Waals surface area contributed by atoms with E-state index in [1.54, 1.807) is 5.57 Å². The average Bonchev–Trinajstić information content (AvgIpc) is 2.36. The normalized spacial score (nSPS) is 17.8. The van der Waals surface area contributed by atoms with Crippen LogP contribution in [0.4, 0.5) is 0 Å². The topological polar surface area (TPSA) is 0 Å². The fraction of sp³-hybridized carbons (Fsp3) is 0.400. The van der Waals surface area contributed by atoms with Crippen LogP contribution < -0.4 is 0 Å². The Morgan fingerprint density at radius 1 is 1.60 bits per heavy atom. The smallest absolute Gasteiger partial charge is 0.0127 e. The molecule has 0 aromatic carbocycles. The van der Waals surface area contributed by atoms with Crippen LogP contribution in [0, 0.1) is 0 Å². The van der Waals surface area contributed by atoms with Crippen molar-refractivity contribution in [2.45, 2.75) is 26.7 Å². The molecule has 0 heterocycles. The summed E-state index contributed by atoms with van der Waals surface area (Å²) in [7, 11) is 0. The lowest BCUT2D eigenvalue weighted by Gasteiger charge is -1.97. The second-order valence-corrected chi connectivity index (χ2v) is 2.52. The van der Waals surface area contributed by atoms with Gasteiger partial charge in [-0.25, -0.2) is 0 Å². The summed E-state index contributed by atoms with van der Waals surface area (Å²) < 4.78 is 0.